The molecule has 1 aliphatic rings. The van der Waals surface area contributed by atoms with Gasteiger partial charge < -0.3 is 10.2 Å². The number of hydrogen-bond acceptors (Lipinski definition) is 3. The van der Waals surface area contributed by atoms with Gasteiger partial charge in [-0.3, -0.25) is 9.59 Å². The van der Waals surface area contributed by atoms with Crippen LogP contribution >= 0.6 is 11.8 Å². The molecule has 2 amide bonds. The van der Waals surface area contributed by atoms with Gasteiger partial charge in [0.05, 0.1) is 6.04 Å². The summed E-state index contributed by atoms with van der Waals surface area (Å²) >= 11 is 0.442. The van der Waals surface area contributed by atoms with Crippen LogP contribution in [0.1, 0.15) is 34.8 Å². The number of alkyl halides is 2. The number of halogens is 2. The highest BCUT2D eigenvalue weighted by Gasteiger charge is 2.25. The van der Waals surface area contributed by atoms with Crippen LogP contribution in [0.25, 0.3) is 0 Å². The molecule has 0 saturated carbocycles. The van der Waals surface area contributed by atoms with Gasteiger partial charge >= 0.3 is 0 Å². The lowest BCUT2D eigenvalue weighted by Gasteiger charge is -2.25. The quantitative estimate of drug-likeness (QED) is 0.725. The van der Waals surface area contributed by atoms with Crippen molar-refractivity contribution in [3.63, 3.8) is 0 Å². The van der Waals surface area contributed by atoms with Crippen LogP contribution in [0, 0.1) is 0 Å². The maximum absolute atomic E-state index is 12.6. The molecule has 0 aromatic heterocycles. The predicted molar refractivity (Wildman–Crippen MR) is 101 cm³/mol. The first kappa shape index (κ1) is 19.4. The molecule has 27 heavy (non-hydrogen) atoms. The fourth-order valence-electron chi connectivity index (χ4n) is 3.07. The van der Waals surface area contributed by atoms with E-state index in [1.165, 1.54) is 24.3 Å². The van der Waals surface area contributed by atoms with Gasteiger partial charge in [-0.05, 0) is 36.2 Å². The fraction of sp³-hybridized carbons (Fsp3) is 0.300. The van der Waals surface area contributed by atoms with Crippen molar-refractivity contribution in [1.82, 2.24) is 10.2 Å². The van der Waals surface area contributed by atoms with Crippen molar-refractivity contribution in [2.45, 2.75) is 29.5 Å². The molecule has 1 N–H and O–H groups in total. The van der Waals surface area contributed by atoms with Crippen molar-refractivity contribution >= 4 is 23.6 Å². The number of likely N-dealkylation sites (tertiary alicyclic amines) is 1. The van der Waals surface area contributed by atoms with Gasteiger partial charge in [0.25, 0.3) is 11.7 Å². The first-order valence-corrected chi connectivity index (χ1v) is 9.59. The molecule has 4 nitrogen and oxygen atoms in total. The van der Waals surface area contributed by atoms with Gasteiger partial charge in [-0.1, -0.05) is 42.1 Å². The zero-order valence-electron chi connectivity index (χ0n) is 14.6. The Morgan fingerprint density at radius 1 is 1.11 bits per heavy atom. The third-order valence-corrected chi connectivity index (χ3v) is 5.15. The minimum atomic E-state index is -2.50. The van der Waals surface area contributed by atoms with Gasteiger partial charge in [0.15, 0.2) is 0 Å². The lowest BCUT2D eigenvalue weighted by molar-refractivity contribution is -0.128. The molecular formula is C20H20F2N2O2S. The van der Waals surface area contributed by atoms with Crippen molar-refractivity contribution in [1.29, 1.82) is 0 Å². The first-order chi connectivity index (χ1) is 13.0. The van der Waals surface area contributed by atoms with Crippen LogP contribution in [0.2, 0.25) is 0 Å². The van der Waals surface area contributed by atoms with E-state index in [1.54, 1.807) is 4.90 Å². The van der Waals surface area contributed by atoms with Crippen LogP contribution in [0.15, 0.2) is 59.5 Å². The van der Waals surface area contributed by atoms with Crippen molar-refractivity contribution < 1.29 is 18.4 Å². The maximum Gasteiger partial charge on any atom is 0.288 e. The maximum atomic E-state index is 12.6. The molecule has 1 saturated heterocycles. The lowest BCUT2D eigenvalue weighted by atomic mass is 10.1. The standard InChI is InChI=1S/C20H20F2N2O2S/c21-20(22)27-16-10-8-15(9-11-16)19(26)23-17(14-5-2-1-3-6-14)13-24-12-4-7-18(24)25/h1-3,5-6,8-11,17,20H,4,7,12-13H2,(H,23,26)/t17-/m1/s1. The van der Waals surface area contributed by atoms with E-state index in [1.807, 2.05) is 30.3 Å². The second-order valence-electron chi connectivity index (χ2n) is 6.28. The number of nitrogens with one attached hydrogen (secondary N) is 1. The van der Waals surface area contributed by atoms with Crippen molar-refractivity contribution in [3.8, 4) is 0 Å². The van der Waals surface area contributed by atoms with Crippen LogP contribution in [0.3, 0.4) is 0 Å². The zero-order chi connectivity index (χ0) is 19.2. The van der Waals surface area contributed by atoms with E-state index in [-0.39, 0.29) is 17.9 Å². The molecule has 0 bridgehead atoms. The molecule has 1 heterocycles. The molecule has 7 heteroatoms. The minimum absolute atomic E-state index is 0.0959. The normalized spacial score (nSPS) is 15.2. The number of nitrogens with zero attached hydrogens (tertiary/aromatic N) is 1. The smallest absolute Gasteiger partial charge is 0.288 e. The third kappa shape index (κ3) is 5.29. The summed E-state index contributed by atoms with van der Waals surface area (Å²) < 4.78 is 24.8. The van der Waals surface area contributed by atoms with E-state index in [2.05, 4.69) is 5.32 Å². The summed E-state index contributed by atoms with van der Waals surface area (Å²) in [5.74, 6) is -2.70. The van der Waals surface area contributed by atoms with Gasteiger partial charge in [0.1, 0.15) is 0 Å². The van der Waals surface area contributed by atoms with Gasteiger partial charge in [-0.25, -0.2) is 0 Å². The molecule has 142 valence electrons. The minimum Gasteiger partial charge on any atom is -0.343 e. The summed E-state index contributed by atoms with van der Waals surface area (Å²) in [5.41, 5.74) is 1.30. The van der Waals surface area contributed by atoms with Crippen LogP contribution in [0.5, 0.6) is 0 Å². The van der Waals surface area contributed by atoms with Gasteiger partial charge in [-0.2, -0.15) is 8.78 Å². The van der Waals surface area contributed by atoms with Crippen molar-refractivity contribution in [2.75, 3.05) is 13.1 Å². The molecule has 1 fully saturated rings. The van der Waals surface area contributed by atoms with Crippen LogP contribution in [-0.2, 0) is 4.79 Å². The summed E-state index contributed by atoms with van der Waals surface area (Å²) in [6.07, 6.45) is 1.37. The average molecular weight is 390 g/mol. The molecule has 0 spiro atoms. The Hall–Kier alpha value is -2.41. The van der Waals surface area contributed by atoms with E-state index >= 15 is 0 Å². The summed E-state index contributed by atoms with van der Waals surface area (Å²) in [4.78, 5) is 26.8. The van der Waals surface area contributed by atoms with Crippen LogP contribution in [0.4, 0.5) is 8.78 Å². The number of rotatable bonds is 7. The Labute approximate surface area is 160 Å². The molecule has 0 aliphatic carbocycles. The number of carbonyl (C=O) groups is 2. The molecule has 1 atom stereocenters. The van der Waals surface area contributed by atoms with Crippen molar-refractivity contribution in [3.05, 3.63) is 65.7 Å². The molecule has 3 rings (SSSR count). The second kappa shape index (κ2) is 8.99. The van der Waals surface area contributed by atoms with Gasteiger partial charge in [0.2, 0.25) is 5.91 Å². The largest absolute Gasteiger partial charge is 0.343 e. The highest BCUT2D eigenvalue weighted by Crippen LogP contribution is 2.25. The second-order valence-corrected chi connectivity index (χ2v) is 7.35. The Bertz CT molecular complexity index is 784. The third-order valence-electron chi connectivity index (χ3n) is 4.42. The molecule has 2 aromatic rings. The number of benzene rings is 2. The highest BCUT2D eigenvalue weighted by atomic mass is 32.2. The number of hydrogen-bond donors (Lipinski definition) is 1. The summed E-state index contributed by atoms with van der Waals surface area (Å²) in [6, 6.07) is 15.2. The Morgan fingerprint density at radius 3 is 2.41 bits per heavy atom. The number of thioether (sulfide) groups is 1. The van der Waals surface area contributed by atoms with E-state index in [4.69, 9.17) is 0 Å². The van der Waals surface area contributed by atoms with Crippen LogP contribution in [-0.4, -0.2) is 35.6 Å². The van der Waals surface area contributed by atoms with Crippen molar-refractivity contribution in [2.24, 2.45) is 0 Å². The zero-order valence-corrected chi connectivity index (χ0v) is 15.4. The SMILES string of the molecule is O=C(N[C@H](CN1CCCC1=O)c1ccccc1)c1ccc(SC(F)F)cc1. The van der Waals surface area contributed by atoms with E-state index in [9.17, 15) is 18.4 Å². The van der Waals surface area contributed by atoms with E-state index in [0.717, 1.165) is 12.0 Å². The molecule has 0 unspecified atom stereocenters. The number of amides is 2. The summed E-state index contributed by atoms with van der Waals surface area (Å²) in [5, 5.41) is 2.97. The molecule has 1 aliphatic heterocycles. The fourth-order valence-corrected chi connectivity index (χ4v) is 3.57. The van der Waals surface area contributed by atoms with Crippen LogP contribution < -0.4 is 5.32 Å². The topological polar surface area (TPSA) is 49.4 Å². The van der Waals surface area contributed by atoms with Gasteiger partial charge in [-0.15, -0.1) is 0 Å². The van der Waals surface area contributed by atoms with E-state index in [0.29, 0.717) is 41.7 Å². The summed E-state index contributed by atoms with van der Waals surface area (Å²) in [6.45, 7) is 1.10. The molecular weight excluding hydrogens is 370 g/mol. The number of carbonyl (C=O) groups excluding carboxylic acids is 2. The van der Waals surface area contributed by atoms with Gasteiger partial charge in [0, 0.05) is 30.0 Å². The Kier molecular flexibility index (Phi) is 6.45. The Balaban J connectivity index is 1.72. The first-order valence-electron chi connectivity index (χ1n) is 8.71. The molecule has 0 radical (unpaired) electrons. The predicted octanol–water partition coefficient (Wildman–Crippen LogP) is 4.09. The summed E-state index contributed by atoms with van der Waals surface area (Å²) in [7, 11) is 0. The monoisotopic (exact) mass is 390 g/mol. The van der Waals surface area contributed by atoms with E-state index < -0.39 is 5.76 Å². The average Bonchev–Trinajstić information content (AvgIpc) is 3.06. The lowest BCUT2D eigenvalue weighted by Crippen LogP contribution is -2.38. The molecule has 2 aromatic carbocycles. The Morgan fingerprint density at radius 2 is 1.81 bits per heavy atom. The highest BCUT2D eigenvalue weighted by molar-refractivity contribution is 7.99.